The number of ether oxygens (including phenoxy) is 2. The van der Waals surface area contributed by atoms with Crippen molar-refractivity contribution >= 4 is 38.1 Å². The minimum atomic E-state index is -0.410. The van der Waals surface area contributed by atoms with Gasteiger partial charge >= 0.3 is 0 Å². The number of fused-ring (bicyclic) bond motifs is 1. The first-order valence-electron chi connectivity index (χ1n) is 10.6. The van der Waals surface area contributed by atoms with Gasteiger partial charge in [-0.05, 0) is 69.0 Å². The maximum Gasteiger partial charge on any atom is 0.269 e. The van der Waals surface area contributed by atoms with Gasteiger partial charge in [0.1, 0.15) is 6.61 Å². The Kier molecular flexibility index (Phi) is 7.10. The van der Waals surface area contributed by atoms with E-state index in [-0.39, 0.29) is 5.69 Å². The van der Waals surface area contributed by atoms with Crippen LogP contribution < -0.4 is 14.8 Å². The quantitative estimate of drug-likeness (QED) is 0.193. The number of rotatable bonds is 9. The Morgan fingerprint density at radius 1 is 0.970 bits per heavy atom. The summed E-state index contributed by atoms with van der Waals surface area (Å²) in [5.41, 5.74) is 2.95. The molecule has 0 saturated carbocycles. The summed E-state index contributed by atoms with van der Waals surface area (Å²) in [6.45, 7) is 3.39. The van der Waals surface area contributed by atoms with E-state index in [0.29, 0.717) is 31.3 Å². The van der Waals surface area contributed by atoms with Crippen LogP contribution in [-0.2, 0) is 13.2 Å². The highest BCUT2D eigenvalue weighted by molar-refractivity contribution is 9.10. The van der Waals surface area contributed by atoms with Gasteiger partial charge < -0.3 is 14.8 Å². The van der Waals surface area contributed by atoms with Crippen LogP contribution in [0.3, 0.4) is 0 Å². The molecule has 4 aromatic carbocycles. The fraction of sp³-hybridized carbons (Fsp3) is 0.154. The first kappa shape index (κ1) is 22.6. The predicted molar refractivity (Wildman–Crippen MR) is 134 cm³/mol. The molecule has 0 bridgehead atoms. The number of hydrogen-bond donors (Lipinski definition) is 1. The van der Waals surface area contributed by atoms with Crippen molar-refractivity contribution in [2.75, 3.05) is 11.9 Å². The highest BCUT2D eigenvalue weighted by Crippen LogP contribution is 2.38. The minimum Gasteiger partial charge on any atom is -0.490 e. The SMILES string of the molecule is CCOc1cc(CNc2ccc([N+](=O)[O-])cc2)cc(Br)c1OCc1cccc2ccccc12. The molecular weight excluding hydrogens is 484 g/mol. The van der Waals surface area contributed by atoms with E-state index in [9.17, 15) is 10.1 Å². The molecule has 4 aromatic rings. The zero-order chi connectivity index (χ0) is 23.2. The second-order valence-corrected chi connectivity index (χ2v) is 8.28. The lowest BCUT2D eigenvalue weighted by Crippen LogP contribution is -2.04. The Balaban J connectivity index is 1.51. The molecule has 0 aromatic heterocycles. The average molecular weight is 507 g/mol. The second-order valence-electron chi connectivity index (χ2n) is 7.42. The van der Waals surface area contributed by atoms with Crippen LogP contribution in [0.25, 0.3) is 10.8 Å². The van der Waals surface area contributed by atoms with Gasteiger partial charge in [-0.1, -0.05) is 42.5 Å². The molecule has 6 nitrogen and oxygen atoms in total. The summed E-state index contributed by atoms with van der Waals surface area (Å²) in [6, 6.07) is 24.7. The van der Waals surface area contributed by atoms with Crippen molar-refractivity contribution in [3.05, 3.63) is 105 Å². The summed E-state index contributed by atoms with van der Waals surface area (Å²) in [6.07, 6.45) is 0. The molecule has 0 spiro atoms. The van der Waals surface area contributed by atoms with Crippen LogP contribution in [0.15, 0.2) is 83.3 Å². The monoisotopic (exact) mass is 506 g/mol. The number of anilines is 1. The standard InChI is InChI=1S/C26H23BrN2O4/c1-2-32-25-15-18(16-28-21-10-12-22(13-11-21)29(30)31)14-24(27)26(25)33-17-20-8-5-7-19-6-3-4-9-23(19)20/h3-15,28H,2,16-17H2,1H3. The maximum atomic E-state index is 10.8. The predicted octanol–water partition coefficient (Wildman–Crippen LogP) is 7.10. The van der Waals surface area contributed by atoms with Gasteiger partial charge in [-0.3, -0.25) is 10.1 Å². The lowest BCUT2D eigenvalue weighted by atomic mass is 10.1. The Hall–Kier alpha value is -3.58. The first-order chi connectivity index (χ1) is 16.0. The number of nitrogens with one attached hydrogen (secondary N) is 1. The van der Waals surface area contributed by atoms with Gasteiger partial charge in [-0.15, -0.1) is 0 Å². The molecule has 33 heavy (non-hydrogen) atoms. The molecule has 1 N–H and O–H groups in total. The van der Waals surface area contributed by atoms with Gasteiger partial charge in [0, 0.05) is 24.4 Å². The summed E-state index contributed by atoms with van der Waals surface area (Å²) in [5.74, 6) is 1.32. The molecule has 0 aliphatic heterocycles. The molecular formula is C26H23BrN2O4. The van der Waals surface area contributed by atoms with E-state index in [4.69, 9.17) is 9.47 Å². The minimum absolute atomic E-state index is 0.0645. The molecule has 168 valence electrons. The molecule has 0 fully saturated rings. The first-order valence-corrected chi connectivity index (χ1v) is 11.4. The van der Waals surface area contributed by atoms with Gasteiger partial charge in [-0.2, -0.15) is 0 Å². The zero-order valence-electron chi connectivity index (χ0n) is 18.1. The maximum absolute atomic E-state index is 10.8. The van der Waals surface area contributed by atoms with E-state index in [0.717, 1.165) is 26.7 Å². The van der Waals surface area contributed by atoms with Crippen molar-refractivity contribution in [3.63, 3.8) is 0 Å². The van der Waals surface area contributed by atoms with Gasteiger partial charge in [0.2, 0.25) is 0 Å². The lowest BCUT2D eigenvalue weighted by molar-refractivity contribution is -0.384. The van der Waals surface area contributed by atoms with Crippen molar-refractivity contribution in [3.8, 4) is 11.5 Å². The third-order valence-corrected chi connectivity index (χ3v) is 5.78. The fourth-order valence-corrected chi connectivity index (χ4v) is 4.20. The molecule has 7 heteroatoms. The van der Waals surface area contributed by atoms with E-state index in [1.165, 1.54) is 17.5 Å². The molecule has 0 aliphatic carbocycles. The number of hydrogen-bond acceptors (Lipinski definition) is 5. The summed E-state index contributed by atoms with van der Waals surface area (Å²) in [5, 5.41) is 16.4. The third-order valence-electron chi connectivity index (χ3n) is 5.20. The highest BCUT2D eigenvalue weighted by Gasteiger charge is 2.14. The van der Waals surface area contributed by atoms with Crippen LogP contribution in [0.2, 0.25) is 0 Å². The number of nitrogens with zero attached hydrogens (tertiary/aromatic N) is 1. The summed E-state index contributed by atoms with van der Waals surface area (Å²) < 4.78 is 12.9. The van der Waals surface area contributed by atoms with E-state index in [2.05, 4.69) is 45.5 Å². The molecule has 0 unspecified atom stereocenters. The van der Waals surface area contributed by atoms with Gasteiger partial charge in [0.15, 0.2) is 11.5 Å². The van der Waals surface area contributed by atoms with Crippen LogP contribution in [0.5, 0.6) is 11.5 Å². The Morgan fingerprint density at radius 3 is 2.48 bits per heavy atom. The molecule has 0 amide bonds. The smallest absolute Gasteiger partial charge is 0.269 e. The Bertz CT molecular complexity index is 1270. The number of non-ortho nitro benzene ring substituents is 1. The molecule has 0 atom stereocenters. The lowest BCUT2D eigenvalue weighted by Gasteiger charge is -2.17. The Morgan fingerprint density at radius 2 is 1.73 bits per heavy atom. The average Bonchev–Trinajstić information content (AvgIpc) is 2.82. The van der Waals surface area contributed by atoms with E-state index in [1.54, 1.807) is 12.1 Å². The molecule has 0 saturated heterocycles. The molecule has 4 rings (SSSR count). The number of benzene rings is 4. The molecule has 0 radical (unpaired) electrons. The van der Waals surface area contributed by atoms with Crippen molar-refractivity contribution < 1.29 is 14.4 Å². The van der Waals surface area contributed by atoms with Crippen LogP contribution in [0.4, 0.5) is 11.4 Å². The fourth-order valence-electron chi connectivity index (χ4n) is 3.60. The van der Waals surface area contributed by atoms with Crippen molar-refractivity contribution in [2.24, 2.45) is 0 Å². The molecule has 0 heterocycles. The highest BCUT2D eigenvalue weighted by atomic mass is 79.9. The Labute approximate surface area is 200 Å². The van der Waals surface area contributed by atoms with Crippen LogP contribution >= 0.6 is 15.9 Å². The van der Waals surface area contributed by atoms with Crippen molar-refractivity contribution in [1.82, 2.24) is 0 Å². The van der Waals surface area contributed by atoms with Crippen molar-refractivity contribution in [2.45, 2.75) is 20.1 Å². The third kappa shape index (κ3) is 5.43. The summed E-state index contributed by atoms with van der Waals surface area (Å²) in [4.78, 5) is 10.4. The number of nitro groups is 1. The van der Waals surface area contributed by atoms with E-state index < -0.39 is 4.92 Å². The largest absolute Gasteiger partial charge is 0.490 e. The number of halogens is 1. The summed E-state index contributed by atoms with van der Waals surface area (Å²) in [7, 11) is 0. The second kappa shape index (κ2) is 10.4. The van der Waals surface area contributed by atoms with E-state index in [1.807, 2.05) is 37.3 Å². The number of nitro benzene ring substituents is 1. The van der Waals surface area contributed by atoms with Crippen LogP contribution in [0.1, 0.15) is 18.1 Å². The normalized spacial score (nSPS) is 10.7. The van der Waals surface area contributed by atoms with Crippen LogP contribution in [0, 0.1) is 10.1 Å². The van der Waals surface area contributed by atoms with E-state index >= 15 is 0 Å². The van der Waals surface area contributed by atoms with Gasteiger partial charge in [0.05, 0.1) is 16.0 Å². The van der Waals surface area contributed by atoms with Crippen molar-refractivity contribution in [1.29, 1.82) is 0 Å². The molecule has 0 aliphatic rings. The topological polar surface area (TPSA) is 73.6 Å². The van der Waals surface area contributed by atoms with Gasteiger partial charge in [0.25, 0.3) is 5.69 Å². The van der Waals surface area contributed by atoms with Gasteiger partial charge in [-0.25, -0.2) is 0 Å². The van der Waals surface area contributed by atoms with Crippen LogP contribution in [-0.4, -0.2) is 11.5 Å². The summed E-state index contributed by atoms with van der Waals surface area (Å²) >= 11 is 3.64. The zero-order valence-corrected chi connectivity index (χ0v) is 19.7.